The molecule has 0 rings (SSSR count). The van der Waals surface area contributed by atoms with Gasteiger partial charge < -0.3 is 21.4 Å². The third kappa shape index (κ3) is 12.4. The van der Waals surface area contributed by atoms with Crippen LogP contribution < -0.4 is 11.5 Å². The number of hydrogen-bond donors (Lipinski definition) is 3. The Labute approximate surface area is 89.4 Å². The summed E-state index contributed by atoms with van der Waals surface area (Å²) in [7, 11) is 0. The van der Waals surface area contributed by atoms with Crippen LogP contribution in [0.25, 0.3) is 0 Å². The maximum absolute atomic E-state index is 10.2. The van der Waals surface area contributed by atoms with Crippen LogP contribution in [0, 0.1) is 5.92 Å². The van der Waals surface area contributed by atoms with Gasteiger partial charge in [-0.1, -0.05) is 13.8 Å². The van der Waals surface area contributed by atoms with Crippen molar-refractivity contribution in [2.75, 3.05) is 6.54 Å². The minimum Gasteiger partial charge on any atom is -0.481 e. The van der Waals surface area contributed by atoms with Crippen molar-refractivity contribution in [1.29, 1.82) is 0 Å². The van der Waals surface area contributed by atoms with E-state index in [1.54, 1.807) is 0 Å². The zero-order valence-corrected chi connectivity index (χ0v) is 9.14. The molecule has 0 aromatic carbocycles. The van der Waals surface area contributed by atoms with Gasteiger partial charge in [0.1, 0.15) is 6.29 Å². The molecule has 0 saturated heterocycles. The third-order valence-corrected chi connectivity index (χ3v) is 1.68. The van der Waals surface area contributed by atoms with E-state index in [1.165, 1.54) is 0 Å². The van der Waals surface area contributed by atoms with Gasteiger partial charge in [-0.3, -0.25) is 4.79 Å². The monoisotopic (exact) mass is 217 g/mol. The summed E-state index contributed by atoms with van der Waals surface area (Å²) in [5.74, 6) is -0.850. The number of carbonyl (C=O) groups is 2. The van der Waals surface area contributed by atoms with Crippen LogP contribution in [-0.4, -0.2) is 29.9 Å². The predicted octanol–water partition coefficient (Wildman–Crippen LogP) is -0.0341. The first-order chi connectivity index (χ1) is 6.99. The molecular formula is C9H19N3O3. The molecule has 0 aromatic rings. The van der Waals surface area contributed by atoms with Crippen LogP contribution in [0.1, 0.15) is 26.7 Å². The summed E-state index contributed by atoms with van der Waals surface area (Å²) in [4.78, 5) is 23.0. The van der Waals surface area contributed by atoms with Crippen LogP contribution in [0.15, 0.2) is 4.99 Å². The Bertz CT molecular complexity index is 209. The van der Waals surface area contributed by atoms with Gasteiger partial charge in [0.25, 0.3) is 0 Å². The Morgan fingerprint density at radius 2 is 1.87 bits per heavy atom. The molecule has 0 fully saturated rings. The van der Waals surface area contributed by atoms with E-state index >= 15 is 0 Å². The average molecular weight is 217 g/mol. The Morgan fingerprint density at radius 1 is 1.40 bits per heavy atom. The SMILES string of the molecule is CCC(CC)C(=O)O.NC(N)=NCC=O. The van der Waals surface area contributed by atoms with Gasteiger partial charge in [0, 0.05) is 0 Å². The van der Waals surface area contributed by atoms with E-state index in [4.69, 9.17) is 16.6 Å². The Kier molecular flexibility index (Phi) is 11.1. The number of nitrogens with two attached hydrogens (primary N) is 2. The van der Waals surface area contributed by atoms with Crippen LogP contribution in [-0.2, 0) is 9.59 Å². The predicted molar refractivity (Wildman–Crippen MR) is 58.4 cm³/mol. The Hall–Kier alpha value is -1.59. The summed E-state index contributed by atoms with van der Waals surface area (Å²) < 4.78 is 0. The van der Waals surface area contributed by atoms with Gasteiger partial charge in [0.15, 0.2) is 5.96 Å². The number of hydrogen-bond acceptors (Lipinski definition) is 3. The molecule has 0 radical (unpaired) electrons. The molecule has 15 heavy (non-hydrogen) atoms. The standard InChI is InChI=1S/C6H12O2.C3H7N3O/c1-3-5(4-2)6(7)8;4-3(5)6-1-2-7/h5H,3-4H2,1-2H3,(H,7,8);2H,1H2,(H4,4,5,6). The first-order valence-electron chi connectivity index (χ1n) is 4.71. The highest BCUT2D eigenvalue weighted by molar-refractivity contribution is 5.77. The lowest BCUT2D eigenvalue weighted by Gasteiger charge is -2.02. The lowest BCUT2D eigenvalue weighted by atomic mass is 10.1. The molecule has 0 aromatic heterocycles. The summed E-state index contributed by atoms with van der Waals surface area (Å²) >= 11 is 0. The van der Waals surface area contributed by atoms with E-state index in [2.05, 4.69) is 4.99 Å². The topological polar surface area (TPSA) is 119 Å². The Morgan fingerprint density at radius 3 is 1.93 bits per heavy atom. The molecule has 5 N–H and O–H groups in total. The fourth-order valence-electron chi connectivity index (χ4n) is 0.781. The zero-order valence-electron chi connectivity index (χ0n) is 9.14. The van der Waals surface area contributed by atoms with Crippen molar-refractivity contribution in [2.24, 2.45) is 22.4 Å². The van der Waals surface area contributed by atoms with Gasteiger partial charge in [-0.25, -0.2) is 4.99 Å². The highest BCUT2D eigenvalue weighted by Gasteiger charge is 2.10. The van der Waals surface area contributed by atoms with E-state index in [0.29, 0.717) is 6.29 Å². The molecule has 88 valence electrons. The summed E-state index contributed by atoms with van der Waals surface area (Å²) in [5, 5.41) is 8.37. The quantitative estimate of drug-likeness (QED) is 0.339. The lowest BCUT2D eigenvalue weighted by molar-refractivity contribution is -0.141. The number of guanidine groups is 1. The third-order valence-electron chi connectivity index (χ3n) is 1.68. The highest BCUT2D eigenvalue weighted by atomic mass is 16.4. The van der Waals surface area contributed by atoms with Crippen molar-refractivity contribution in [3.05, 3.63) is 0 Å². The lowest BCUT2D eigenvalue weighted by Crippen LogP contribution is -2.23. The van der Waals surface area contributed by atoms with E-state index in [1.807, 2.05) is 13.8 Å². The van der Waals surface area contributed by atoms with E-state index in [0.717, 1.165) is 12.8 Å². The largest absolute Gasteiger partial charge is 0.481 e. The minimum atomic E-state index is -0.671. The number of nitrogens with zero attached hydrogens (tertiary/aromatic N) is 1. The van der Waals surface area contributed by atoms with Crippen molar-refractivity contribution >= 4 is 18.2 Å². The molecule has 0 aliphatic heterocycles. The number of carbonyl (C=O) groups excluding carboxylic acids is 1. The number of aliphatic imine (C=N–C) groups is 1. The molecule has 0 unspecified atom stereocenters. The second kappa shape index (κ2) is 10.5. The van der Waals surface area contributed by atoms with Crippen LogP contribution in [0.5, 0.6) is 0 Å². The molecule has 0 spiro atoms. The molecule has 0 amide bonds. The van der Waals surface area contributed by atoms with E-state index in [9.17, 15) is 9.59 Å². The maximum Gasteiger partial charge on any atom is 0.306 e. The Balaban J connectivity index is 0. The smallest absolute Gasteiger partial charge is 0.306 e. The molecule has 0 saturated carbocycles. The van der Waals surface area contributed by atoms with Crippen LogP contribution in [0.4, 0.5) is 0 Å². The molecule has 6 nitrogen and oxygen atoms in total. The van der Waals surface area contributed by atoms with Crippen molar-refractivity contribution in [3.63, 3.8) is 0 Å². The van der Waals surface area contributed by atoms with Crippen molar-refractivity contribution in [1.82, 2.24) is 0 Å². The highest BCUT2D eigenvalue weighted by Crippen LogP contribution is 2.05. The maximum atomic E-state index is 10.2. The minimum absolute atomic E-state index is 0.0490. The summed E-state index contributed by atoms with van der Waals surface area (Å²) in [6.07, 6.45) is 2.11. The molecule has 0 aliphatic carbocycles. The van der Waals surface area contributed by atoms with Gasteiger partial charge in [-0.05, 0) is 12.8 Å². The van der Waals surface area contributed by atoms with E-state index < -0.39 is 5.97 Å². The van der Waals surface area contributed by atoms with Gasteiger partial charge in [-0.2, -0.15) is 0 Å². The number of aldehydes is 1. The number of aliphatic carboxylic acids is 1. The molecule has 0 bridgehead atoms. The summed E-state index contributed by atoms with van der Waals surface area (Å²) in [6.45, 7) is 3.84. The number of carboxylic acid groups (broad SMARTS) is 1. The van der Waals surface area contributed by atoms with Crippen LogP contribution in [0.3, 0.4) is 0 Å². The molecule has 0 atom stereocenters. The van der Waals surface area contributed by atoms with Gasteiger partial charge in [0.05, 0.1) is 12.5 Å². The normalized spacial score (nSPS) is 8.73. The van der Waals surface area contributed by atoms with E-state index in [-0.39, 0.29) is 18.4 Å². The van der Waals surface area contributed by atoms with Crippen molar-refractivity contribution in [3.8, 4) is 0 Å². The fourth-order valence-corrected chi connectivity index (χ4v) is 0.781. The fraction of sp³-hybridized carbons (Fsp3) is 0.667. The van der Waals surface area contributed by atoms with Gasteiger partial charge in [-0.15, -0.1) is 0 Å². The second-order valence-electron chi connectivity index (χ2n) is 2.78. The second-order valence-corrected chi connectivity index (χ2v) is 2.78. The van der Waals surface area contributed by atoms with Crippen molar-refractivity contribution in [2.45, 2.75) is 26.7 Å². The number of rotatable bonds is 5. The zero-order chi connectivity index (χ0) is 12.3. The summed E-state index contributed by atoms with van der Waals surface area (Å²) in [5.41, 5.74) is 9.69. The van der Waals surface area contributed by atoms with Crippen LogP contribution in [0.2, 0.25) is 0 Å². The summed E-state index contributed by atoms with van der Waals surface area (Å²) in [6, 6.07) is 0. The average Bonchev–Trinajstić information content (AvgIpc) is 2.17. The first-order valence-corrected chi connectivity index (χ1v) is 4.71. The molecular weight excluding hydrogens is 198 g/mol. The number of carboxylic acids is 1. The van der Waals surface area contributed by atoms with Gasteiger partial charge >= 0.3 is 5.97 Å². The first kappa shape index (κ1) is 15.9. The van der Waals surface area contributed by atoms with Crippen LogP contribution >= 0.6 is 0 Å². The van der Waals surface area contributed by atoms with Gasteiger partial charge in [0.2, 0.25) is 0 Å². The molecule has 0 heterocycles. The molecule has 0 aliphatic rings. The molecule has 6 heteroatoms. The van der Waals surface area contributed by atoms with Crippen molar-refractivity contribution < 1.29 is 14.7 Å².